The van der Waals surface area contributed by atoms with Crippen molar-refractivity contribution in [3.63, 3.8) is 0 Å². The summed E-state index contributed by atoms with van der Waals surface area (Å²) in [5.74, 6) is 2.24. The molecule has 0 radical (unpaired) electrons. The summed E-state index contributed by atoms with van der Waals surface area (Å²) < 4.78 is 10.7. The van der Waals surface area contributed by atoms with E-state index in [1.54, 1.807) is 12.1 Å². The van der Waals surface area contributed by atoms with Gasteiger partial charge < -0.3 is 24.8 Å². The van der Waals surface area contributed by atoms with Crippen molar-refractivity contribution in [2.45, 2.75) is 26.3 Å². The molecular weight excluding hydrogens is 433 g/mol. The minimum Gasteiger partial charge on any atom is -0.504 e. The summed E-state index contributed by atoms with van der Waals surface area (Å²) in [4.78, 5) is 6.70. The van der Waals surface area contributed by atoms with E-state index in [9.17, 15) is 5.11 Å². The number of methoxy groups -OCH3 is 1. The number of phenolic OH excluding ortho intramolecular Hbond substituents is 1. The lowest BCUT2D eigenvalue weighted by Gasteiger charge is -2.22. The largest absolute Gasteiger partial charge is 0.504 e. The molecule has 0 saturated heterocycles. The van der Waals surface area contributed by atoms with Gasteiger partial charge in [-0.25, -0.2) is 4.99 Å². The number of likely N-dealkylation sites (N-methyl/N-ethyl adjacent to an activating group) is 1. The molecule has 0 spiro atoms. The van der Waals surface area contributed by atoms with Crippen molar-refractivity contribution in [2.24, 2.45) is 10.9 Å². The van der Waals surface area contributed by atoms with Crippen LogP contribution in [0, 0.1) is 5.92 Å². The molecule has 0 aliphatic heterocycles. The summed E-state index contributed by atoms with van der Waals surface area (Å²) in [5.41, 5.74) is 0.932. The Balaban J connectivity index is 0.00000312. The third-order valence-corrected chi connectivity index (χ3v) is 3.97. The van der Waals surface area contributed by atoms with Gasteiger partial charge in [-0.2, -0.15) is 0 Å². The third kappa shape index (κ3) is 7.68. The number of aromatic hydroxyl groups is 1. The Hall–Kier alpha value is -1.22. The standard InChI is InChI=1S/C18H29N3O3.HI/c1-4-19-18(21(2)9-10-24-13-14-5-6-14)20-12-15-7-8-17(23-3)16(22)11-15;/h7-8,11,14,22H,4-6,9-10,12-13H2,1-3H3,(H,19,20);1H. The molecule has 7 heteroatoms. The van der Waals surface area contributed by atoms with Crippen LogP contribution >= 0.6 is 24.0 Å². The Morgan fingerprint density at radius 2 is 2.16 bits per heavy atom. The van der Waals surface area contributed by atoms with Crippen molar-refractivity contribution in [2.75, 3.05) is 40.5 Å². The van der Waals surface area contributed by atoms with Gasteiger partial charge in [0.1, 0.15) is 0 Å². The van der Waals surface area contributed by atoms with E-state index in [1.165, 1.54) is 20.0 Å². The summed E-state index contributed by atoms with van der Waals surface area (Å²) in [6.07, 6.45) is 2.63. The van der Waals surface area contributed by atoms with Gasteiger partial charge in [-0.05, 0) is 43.4 Å². The van der Waals surface area contributed by atoms with Crippen LogP contribution in [0.1, 0.15) is 25.3 Å². The number of hydrogen-bond donors (Lipinski definition) is 2. The summed E-state index contributed by atoms with van der Waals surface area (Å²) in [6, 6.07) is 5.34. The van der Waals surface area contributed by atoms with Gasteiger partial charge in [-0.1, -0.05) is 6.07 Å². The van der Waals surface area contributed by atoms with Crippen molar-refractivity contribution < 1.29 is 14.6 Å². The quantitative estimate of drug-likeness (QED) is 0.255. The van der Waals surface area contributed by atoms with E-state index in [4.69, 9.17) is 9.47 Å². The maximum atomic E-state index is 9.85. The van der Waals surface area contributed by atoms with Crippen LogP contribution in [0.5, 0.6) is 11.5 Å². The summed E-state index contributed by atoms with van der Waals surface area (Å²) in [7, 11) is 3.55. The van der Waals surface area contributed by atoms with E-state index >= 15 is 0 Å². The lowest BCUT2D eigenvalue weighted by molar-refractivity contribution is 0.115. The van der Waals surface area contributed by atoms with Gasteiger partial charge in [0.05, 0.1) is 20.3 Å². The highest BCUT2D eigenvalue weighted by Crippen LogP contribution is 2.28. The molecule has 6 nitrogen and oxygen atoms in total. The molecule has 2 N–H and O–H groups in total. The third-order valence-electron chi connectivity index (χ3n) is 3.97. The summed E-state index contributed by atoms with van der Waals surface area (Å²) in [6.45, 7) is 5.74. The average Bonchev–Trinajstić information content (AvgIpc) is 3.39. The van der Waals surface area contributed by atoms with Crippen LogP contribution in [0.2, 0.25) is 0 Å². The number of phenols is 1. The van der Waals surface area contributed by atoms with Crippen molar-refractivity contribution in [3.8, 4) is 11.5 Å². The fourth-order valence-corrected chi connectivity index (χ4v) is 2.31. The smallest absolute Gasteiger partial charge is 0.194 e. The van der Waals surface area contributed by atoms with E-state index in [2.05, 4.69) is 15.2 Å². The van der Waals surface area contributed by atoms with Crippen molar-refractivity contribution in [3.05, 3.63) is 23.8 Å². The van der Waals surface area contributed by atoms with Crippen LogP contribution in [-0.4, -0.2) is 56.4 Å². The van der Waals surface area contributed by atoms with E-state index < -0.39 is 0 Å². The van der Waals surface area contributed by atoms with Crippen LogP contribution in [0.25, 0.3) is 0 Å². The Bertz CT molecular complexity index is 550. The number of rotatable bonds is 9. The van der Waals surface area contributed by atoms with Crippen LogP contribution in [0.4, 0.5) is 0 Å². The first kappa shape index (κ1) is 21.8. The number of ether oxygens (including phenoxy) is 2. The van der Waals surface area contributed by atoms with Gasteiger partial charge in [0, 0.05) is 26.7 Å². The van der Waals surface area contributed by atoms with Gasteiger partial charge in [0.25, 0.3) is 0 Å². The Labute approximate surface area is 167 Å². The first-order chi connectivity index (χ1) is 11.6. The van der Waals surface area contributed by atoms with Crippen LogP contribution in [0.15, 0.2) is 23.2 Å². The van der Waals surface area contributed by atoms with Gasteiger partial charge in [-0.3, -0.25) is 0 Å². The SMILES string of the molecule is CCNC(=NCc1ccc(OC)c(O)c1)N(C)CCOCC1CC1.I. The molecule has 1 saturated carbocycles. The predicted octanol–water partition coefficient (Wildman–Crippen LogP) is 2.84. The Morgan fingerprint density at radius 3 is 2.76 bits per heavy atom. The number of guanidine groups is 1. The van der Waals surface area contributed by atoms with E-state index in [-0.39, 0.29) is 29.7 Å². The maximum absolute atomic E-state index is 9.85. The minimum absolute atomic E-state index is 0. The molecule has 1 aliphatic carbocycles. The molecule has 1 aromatic carbocycles. The predicted molar refractivity (Wildman–Crippen MR) is 111 cm³/mol. The lowest BCUT2D eigenvalue weighted by Crippen LogP contribution is -2.40. The number of halogens is 1. The van der Waals surface area contributed by atoms with Gasteiger partial charge >= 0.3 is 0 Å². The zero-order chi connectivity index (χ0) is 17.4. The zero-order valence-electron chi connectivity index (χ0n) is 15.3. The van der Waals surface area contributed by atoms with E-state index in [0.717, 1.165) is 37.1 Å². The second kappa shape index (κ2) is 11.4. The van der Waals surface area contributed by atoms with Crippen molar-refractivity contribution >= 4 is 29.9 Å². The van der Waals surface area contributed by atoms with E-state index in [1.807, 2.05) is 20.0 Å². The molecule has 0 aromatic heterocycles. The highest BCUT2D eigenvalue weighted by Gasteiger charge is 2.21. The molecule has 0 unspecified atom stereocenters. The topological polar surface area (TPSA) is 66.3 Å². The normalized spacial score (nSPS) is 14.0. The first-order valence-corrected chi connectivity index (χ1v) is 8.57. The van der Waals surface area contributed by atoms with Crippen LogP contribution in [-0.2, 0) is 11.3 Å². The van der Waals surface area contributed by atoms with Gasteiger partial charge in [0.2, 0.25) is 0 Å². The average molecular weight is 463 g/mol. The molecule has 142 valence electrons. The molecule has 0 bridgehead atoms. The molecule has 0 amide bonds. The summed E-state index contributed by atoms with van der Waals surface area (Å²) >= 11 is 0. The van der Waals surface area contributed by atoms with Crippen molar-refractivity contribution in [1.29, 1.82) is 0 Å². The van der Waals surface area contributed by atoms with E-state index in [0.29, 0.717) is 18.9 Å². The first-order valence-electron chi connectivity index (χ1n) is 8.57. The molecule has 2 rings (SSSR count). The maximum Gasteiger partial charge on any atom is 0.194 e. The van der Waals surface area contributed by atoms with Crippen LogP contribution in [0.3, 0.4) is 0 Å². The van der Waals surface area contributed by atoms with Gasteiger partial charge in [0.15, 0.2) is 17.5 Å². The molecule has 0 heterocycles. The zero-order valence-corrected chi connectivity index (χ0v) is 17.7. The number of aliphatic imine (C=N–C) groups is 1. The second-order valence-electron chi connectivity index (χ2n) is 6.12. The summed E-state index contributed by atoms with van der Waals surface area (Å²) in [5, 5.41) is 13.1. The molecular formula is C18H30IN3O3. The Kier molecular flexibility index (Phi) is 9.96. The highest BCUT2D eigenvalue weighted by molar-refractivity contribution is 14.0. The van der Waals surface area contributed by atoms with Crippen molar-refractivity contribution in [1.82, 2.24) is 10.2 Å². The lowest BCUT2D eigenvalue weighted by atomic mass is 10.2. The number of nitrogens with zero attached hydrogens (tertiary/aromatic N) is 2. The van der Waals surface area contributed by atoms with Crippen LogP contribution < -0.4 is 10.1 Å². The number of hydrogen-bond acceptors (Lipinski definition) is 4. The second-order valence-corrected chi connectivity index (χ2v) is 6.12. The van der Waals surface area contributed by atoms with Gasteiger partial charge in [-0.15, -0.1) is 24.0 Å². The number of benzene rings is 1. The Morgan fingerprint density at radius 1 is 1.40 bits per heavy atom. The number of nitrogens with one attached hydrogen (secondary N) is 1. The fourth-order valence-electron chi connectivity index (χ4n) is 2.31. The molecule has 1 fully saturated rings. The molecule has 1 aliphatic rings. The molecule has 1 aromatic rings. The molecule has 0 atom stereocenters. The minimum atomic E-state index is 0. The monoisotopic (exact) mass is 463 g/mol. The molecule has 25 heavy (non-hydrogen) atoms. The fraction of sp³-hybridized carbons (Fsp3) is 0.611. The highest BCUT2D eigenvalue weighted by atomic mass is 127.